The van der Waals surface area contributed by atoms with Crippen molar-refractivity contribution in [2.45, 2.75) is 26.3 Å². The Hall–Kier alpha value is -2.22. The number of nitrogens with zero attached hydrogens (tertiary/aromatic N) is 4. The fourth-order valence-electron chi connectivity index (χ4n) is 2.76. The van der Waals surface area contributed by atoms with Crippen LogP contribution in [0, 0.1) is 0 Å². The van der Waals surface area contributed by atoms with Crippen molar-refractivity contribution < 1.29 is 19.1 Å². The zero-order valence-corrected chi connectivity index (χ0v) is 12.4. The van der Waals surface area contributed by atoms with Crippen LogP contribution in [0.25, 0.3) is 0 Å². The Morgan fingerprint density at radius 1 is 1.23 bits per heavy atom. The van der Waals surface area contributed by atoms with Crippen molar-refractivity contribution >= 4 is 23.4 Å². The van der Waals surface area contributed by atoms with Gasteiger partial charge in [0, 0.05) is 32.5 Å². The number of hydrogen-bond donors (Lipinski definition) is 0. The first-order valence-electron chi connectivity index (χ1n) is 7.42. The van der Waals surface area contributed by atoms with Crippen LogP contribution in [-0.2, 0) is 20.9 Å². The van der Waals surface area contributed by atoms with Crippen molar-refractivity contribution in [1.29, 1.82) is 0 Å². The summed E-state index contributed by atoms with van der Waals surface area (Å²) in [6.45, 7) is 4.32. The third-order valence-electron chi connectivity index (χ3n) is 3.91. The molecule has 0 radical (unpaired) electrons. The summed E-state index contributed by atoms with van der Waals surface area (Å²) in [5.74, 6) is -0.779. The summed E-state index contributed by atoms with van der Waals surface area (Å²) in [6.07, 6.45) is 1.79. The largest absolute Gasteiger partial charge is 0.378 e. The molecular weight excluding hydrogens is 288 g/mol. The third-order valence-corrected chi connectivity index (χ3v) is 3.91. The van der Waals surface area contributed by atoms with Gasteiger partial charge in [-0.3, -0.25) is 19.1 Å². The molecule has 8 heteroatoms. The Morgan fingerprint density at radius 3 is 2.45 bits per heavy atom. The number of morpholine rings is 1. The van der Waals surface area contributed by atoms with E-state index in [2.05, 4.69) is 5.10 Å². The van der Waals surface area contributed by atoms with Crippen LogP contribution in [-0.4, -0.2) is 58.7 Å². The van der Waals surface area contributed by atoms with Gasteiger partial charge in [-0.25, -0.2) is 4.90 Å². The maximum absolute atomic E-state index is 12.8. The quantitative estimate of drug-likeness (QED) is 0.736. The fraction of sp³-hybridized carbons (Fsp3) is 0.571. The van der Waals surface area contributed by atoms with Crippen molar-refractivity contribution in [3.05, 3.63) is 11.9 Å². The Morgan fingerprint density at radius 2 is 1.86 bits per heavy atom. The highest BCUT2D eigenvalue weighted by molar-refractivity contribution is 6.21. The standard InChI is InChI=1S/C14H18N4O4/c1-2-17-13(14(21)16-5-7-22-8-6-16)10(9-15-17)18-11(19)3-4-12(18)20/h9H,2-8H2,1H3. The molecule has 1 aromatic heterocycles. The van der Waals surface area contributed by atoms with Crippen LogP contribution in [0.1, 0.15) is 30.3 Å². The van der Waals surface area contributed by atoms with Gasteiger partial charge < -0.3 is 9.64 Å². The third kappa shape index (κ3) is 2.39. The number of hydrogen-bond acceptors (Lipinski definition) is 5. The van der Waals surface area contributed by atoms with Gasteiger partial charge in [0.15, 0.2) is 5.69 Å². The maximum Gasteiger partial charge on any atom is 0.274 e. The van der Waals surface area contributed by atoms with Crippen LogP contribution in [0.3, 0.4) is 0 Å². The van der Waals surface area contributed by atoms with Gasteiger partial charge in [-0.1, -0.05) is 0 Å². The van der Waals surface area contributed by atoms with E-state index in [0.717, 1.165) is 4.90 Å². The number of aromatic nitrogens is 2. The van der Waals surface area contributed by atoms with Gasteiger partial charge in [-0.2, -0.15) is 5.10 Å². The molecule has 2 aliphatic rings. The molecule has 3 amide bonds. The van der Waals surface area contributed by atoms with Crippen LogP contribution in [0.4, 0.5) is 5.69 Å². The molecule has 2 aliphatic heterocycles. The lowest BCUT2D eigenvalue weighted by Gasteiger charge is -2.27. The molecule has 3 rings (SSSR count). The highest BCUT2D eigenvalue weighted by Gasteiger charge is 2.36. The van der Waals surface area contributed by atoms with Crippen LogP contribution >= 0.6 is 0 Å². The number of carbonyl (C=O) groups excluding carboxylic acids is 3. The Bertz CT molecular complexity index is 602. The first-order valence-corrected chi connectivity index (χ1v) is 7.42. The zero-order chi connectivity index (χ0) is 15.7. The number of carbonyl (C=O) groups is 3. The van der Waals surface area contributed by atoms with E-state index in [0.29, 0.717) is 44.2 Å². The monoisotopic (exact) mass is 306 g/mol. The van der Waals surface area contributed by atoms with Gasteiger partial charge in [0.25, 0.3) is 5.91 Å². The molecule has 0 saturated carbocycles. The highest BCUT2D eigenvalue weighted by atomic mass is 16.5. The second-order valence-electron chi connectivity index (χ2n) is 5.22. The van der Waals surface area contributed by atoms with E-state index in [4.69, 9.17) is 4.74 Å². The maximum atomic E-state index is 12.8. The predicted octanol–water partition coefficient (Wildman–Crippen LogP) is 0.0288. The normalized spacial score (nSPS) is 19.1. The second kappa shape index (κ2) is 5.88. The Kier molecular flexibility index (Phi) is 3.93. The first kappa shape index (κ1) is 14.7. The van der Waals surface area contributed by atoms with Crippen molar-refractivity contribution in [3.63, 3.8) is 0 Å². The van der Waals surface area contributed by atoms with E-state index in [9.17, 15) is 14.4 Å². The molecule has 2 saturated heterocycles. The minimum absolute atomic E-state index is 0.182. The minimum atomic E-state index is -0.281. The Labute approximate surface area is 127 Å². The lowest BCUT2D eigenvalue weighted by molar-refractivity contribution is -0.121. The van der Waals surface area contributed by atoms with Gasteiger partial charge in [0.1, 0.15) is 5.69 Å². The average molecular weight is 306 g/mol. The molecule has 3 heterocycles. The van der Waals surface area contributed by atoms with E-state index in [1.165, 1.54) is 10.9 Å². The highest BCUT2D eigenvalue weighted by Crippen LogP contribution is 2.27. The van der Waals surface area contributed by atoms with Crippen LogP contribution in [0.5, 0.6) is 0 Å². The summed E-state index contributed by atoms with van der Waals surface area (Å²) in [5, 5.41) is 4.16. The molecular formula is C14H18N4O4. The predicted molar refractivity (Wildman–Crippen MR) is 76.4 cm³/mol. The van der Waals surface area contributed by atoms with E-state index in [-0.39, 0.29) is 30.6 Å². The summed E-state index contributed by atoms with van der Waals surface area (Å²) in [5.41, 5.74) is 0.596. The number of anilines is 1. The van der Waals surface area contributed by atoms with Crippen molar-refractivity contribution in [2.24, 2.45) is 0 Å². The summed E-state index contributed by atoms with van der Waals surface area (Å²) in [7, 11) is 0. The van der Waals surface area contributed by atoms with Gasteiger partial charge in [0.05, 0.1) is 19.4 Å². The van der Waals surface area contributed by atoms with Crippen LogP contribution in [0.15, 0.2) is 6.20 Å². The fourth-order valence-corrected chi connectivity index (χ4v) is 2.76. The number of imide groups is 1. The van der Waals surface area contributed by atoms with Crippen molar-refractivity contribution in [2.75, 3.05) is 31.2 Å². The van der Waals surface area contributed by atoms with Crippen molar-refractivity contribution in [1.82, 2.24) is 14.7 Å². The lowest BCUT2D eigenvalue weighted by atomic mass is 10.2. The molecule has 0 aromatic carbocycles. The molecule has 1 aromatic rings. The number of rotatable bonds is 3. The summed E-state index contributed by atoms with van der Waals surface area (Å²) in [4.78, 5) is 39.5. The molecule has 22 heavy (non-hydrogen) atoms. The molecule has 8 nitrogen and oxygen atoms in total. The SMILES string of the molecule is CCn1ncc(N2C(=O)CCC2=O)c1C(=O)N1CCOCC1. The summed E-state index contributed by atoms with van der Waals surface area (Å²) in [6, 6.07) is 0. The second-order valence-corrected chi connectivity index (χ2v) is 5.22. The van der Waals surface area contributed by atoms with Crippen LogP contribution < -0.4 is 4.90 Å². The van der Waals surface area contributed by atoms with Gasteiger partial charge in [-0.15, -0.1) is 0 Å². The molecule has 0 spiro atoms. The van der Waals surface area contributed by atoms with E-state index in [1.807, 2.05) is 6.92 Å². The summed E-state index contributed by atoms with van der Waals surface area (Å²) < 4.78 is 6.79. The topological polar surface area (TPSA) is 84.7 Å². The molecule has 0 bridgehead atoms. The van der Waals surface area contributed by atoms with E-state index in [1.54, 1.807) is 4.90 Å². The molecule has 0 aliphatic carbocycles. The number of aryl methyl sites for hydroxylation is 1. The Balaban J connectivity index is 1.98. The number of ether oxygens (including phenoxy) is 1. The number of amides is 3. The molecule has 2 fully saturated rings. The van der Waals surface area contributed by atoms with E-state index < -0.39 is 0 Å². The van der Waals surface area contributed by atoms with Gasteiger partial charge in [-0.05, 0) is 6.92 Å². The molecule has 0 unspecified atom stereocenters. The van der Waals surface area contributed by atoms with E-state index >= 15 is 0 Å². The van der Waals surface area contributed by atoms with Crippen LogP contribution in [0.2, 0.25) is 0 Å². The minimum Gasteiger partial charge on any atom is -0.378 e. The lowest BCUT2D eigenvalue weighted by Crippen LogP contribution is -2.42. The molecule has 0 N–H and O–H groups in total. The van der Waals surface area contributed by atoms with Gasteiger partial charge in [0.2, 0.25) is 11.8 Å². The average Bonchev–Trinajstić information content (AvgIpc) is 3.10. The summed E-state index contributed by atoms with van der Waals surface area (Å²) >= 11 is 0. The smallest absolute Gasteiger partial charge is 0.274 e. The first-order chi connectivity index (χ1) is 10.6. The molecule has 0 atom stereocenters. The van der Waals surface area contributed by atoms with Crippen molar-refractivity contribution in [3.8, 4) is 0 Å². The van der Waals surface area contributed by atoms with Gasteiger partial charge >= 0.3 is 0 Å². The molecule has 118 valence electrons. The zero-order valence-electron chi connectivity index (χ0n) is 12.4.